The van der Waals surface area contributed by atoms with Crippen LogP contribution in [-0.2, 0) is 9.59 Å². The molecular weight excluding hydrogens is 484 g/mol. The predicted molar refractivity (Wildman–Crippen MR) is 137 cm³/mol. The normalized spacial score (nSPS) is 14.1. The van der Waals surface area contributed by atoms with E-state index >= 15 is 0 Å². The maximum absolute atomic E-state index is 13.4. The molecule has 2 heterocycles. The van der Waals surface area contributed by atoms with Crippen molar-refractivity contribution in [2.75, 3.05) is 49.3 Å². The van der Waals surface area contributed by atoms with Gasteiger partial charge in [0.05, 0.1) is 44.5 Å². The number of para-hydroxylation sites is 1. The summed E-state index contributed by atoms with van der Waals surface area (Å²) < 4.78 is 15.8. The molecule has 2 amide bonds. The number of carbonyl (C=O) groups is 2. The minimum Gasteiger partial charge on any atom is -0.497 e. The Labute approximate surface area is 211 Å². The number of aromatic nitrogens is 2. The second-order valence-electron chi connectivity index (χ2n) is 7.68. The van der Waals surface area contributed by atoms with E-state index in [2.05, 4.69) is 15.6 Å². The van der Waals surface area contributed by atoms with Crippen molar-refractivity contribution in [1.29, 1.82) is 0 Å². The molecule has 3 aromatic rings. The zero-order valence-electron chi connectivity index (χ0n) is 20.2. The van der Waals surface area contributed by atoms with E-state index in [0.29, 0.717) is 27.9 Å². The first kappa shape index (κ1) is 24.8. The minimum atomic E-state index is -0.336. The molecule has 0 aliphatic carbocycles. The van der Waals surface area contributed by atoms with Crippen LogP contribution >= 0.6 is 11.8 Å². The zero-order chi connectivity index (χ0) is 25.7. The van der Waals surface area contributed by atoms with Gasteiger partial charge in [0.15, 0.2) is 5.17 Å². The van der Waals surface area contributed by atoms with Gasteiger partial charge in [-0.15, -0.1) is 0 Å². The quantitative estimate of drug-likeness (QED) is 0.364. The van der Waals surface area contributed by atoms with Gasteiger partial charge in [-0.1, -0.05) is 30.0 Å². The average molecular weight is 510 g/mol. The van der Waals surface area contributed by atoms with E-state index in [1.165, 1.54) is 15.9 Å². The molecule has 0 atom stereocenters. The summed E-state index contributed by atoms with van der Waals surface area (Å²) in [5.41, 5.74) is 1.48. The lowest BCUT2D eigenvalue weighted by molar-refractivity contribution is -0.753. The first-order valence-corrected chi connectivity index (χ1v) is 11.8. The minimum absolute atomic E-state index is 0.00608. The molecule has 1 aromatic heterocycles. The number of hydrogen-bond donors (Lipinski definition) is 1. The molecule has 11 nitrogen and oxygen atoms in total. The third-order valence-corrected chi connectivity index (χ3v) is 5.97. The van der Waals surface area contributed by atoms with Crippen LogP contribution in [0.4, 0.5) is 11.6 Å². The maximum atomic E-state index is 13.4. The van der Waals surface area contributed by atoms with Crippen molar-refractivity contribution < 1.29 is 28.4 Å². The smallest absolute Gasteiger partial charge is 0.305 e. The number of benzene rings is 2. The molecule has 2 aromatic carbocycles. The summed E-state index contributed by atoms with van der Waals surface area (Å²) in [5, 5.41) is 8.48. The van der Waals surface area contributed by atoms with Crippen molar-refractivity contribution >= 4 is 46.4 Å². The predicted octanol–water partition coefficient (Wildman–Crippen LogP) is 2.29. The highest BCUT2D eigenvalue weighted by molar-refractivity contribution is 8.14. The number of nitrogens with one attached hydrogen (secondary N) is 1. The molecule has 0 spiro atoms. The molecule has 1 aliphatic rings. The number of hydrogen-bond acceptors (Lipinski definition) is 9. The Kier molecular flexibility index (Phi) is 7.54. The Bertz CT molecular complexity index is 1320. The Hall–Kier alpha value is -4.32. The molecule has 0 bridgehead atoms. The largest absolute Gasteiger partial charge is 0.497 e. The van der Waals surface area contributed by atoms with Gasteiger partial charge in [0.25, 0.3) is 12.1 Å². The maximum Gasteiger partial charge on any atom is 0.305 e. The summed E-state index contributed by atoms with van der Waals surface area (Å²) in [4.78, 5) is 33.4. The number of amidine groups is 1. The van der Waals surface area contributed by atoms with Crippen LogP contribution in [0.5, 0.6) is 11.5 Å². The SMILES string of the molecule is COc1ccc(OC)c(/C=C2/N=C(SCC(=O)Nc3c[n+](N(C)C)no3)N(c3ccccc3)C2=O)c1. The molecule has 4 rings (SSSR count). The van der Waals surface area contributed by atoms with Gasteiger partial charge in [-0.2, -0.15) is 5.01 Å². The van der Waals surface area contributed by atoms with Gasteiger partial charge in [-0.3, -0.25) is 24.3 Å². The van der Waals surface area contributed by atoms with Gasteiger partial charge in [0, 0.05) is 5.56 Å². The fraction of sp³-hybridized carbons (Fsp3) is 0.208. The number of nitrogens with zero attached hydrogens (tertiary/aromatic N) is 5. The zero-order valence-corrected chi connectivity index (χ0v) is 21.0. The molecule has 0 saturated carbocycles. The van der Waals surface area contributed by atoms with Crippen LogP contribution in [0.25, 0.3) is 6.08 Å². The molecule has 1 N–H and O–H groups in total. The van der Waals surface area contributed by atoms with E-state index in [4.69, 9.17) is 14.0 Å². The molecule has 0 unspecified atom stereocenters. The fourth-order valence-electron chi connectivity index (χ4n) is 3.28. The Morgan fingerprint density at radius 2 is 1.97 bits per heavy atom. The van der Waals surface area contributed by atoms with Crippen molar-refractivity contribution in [3.05, 3.63) is 66.0 Å². The second kappa shape index (κ2) is 11.0. The third-order valence-electron chi connectivity index (χ3n) is 5.03. The summed E-state index contributed by atoms with van der Waals surface area (Å²) in [6, 6.07) is 14.4. The summed E-state index contributed by atoms with van der Waals surface area (Å²) in [7, 11) is 6.68. The highest BCUT2D eigenvalue weighted by atomic mass is 32.2. The van der Waals surface area contributed by atoms with Gasteiger partial charge >= 0.3 is 5.88 Å². The van der Waals surface area contributed by atoms with E-state index in [9.17, 15) is 9.59 Å². The lowest BCUT2D eigenvalue weighted by atomic mass is 10.1. The summed E-state index contributed by atoms with van der Waals surface area (Å²) >= 11 is 1.13. The van der Waals surface area contributed by atoms with Crippen LogP contribution in [0.1, 0.15) is 5.56 Å². The highest BCUT2D eigenvalue weighted by Crippen LogP contribution is 2.32. The number of anilines is 2. The first-order valence-electron chi connectivity index (χ1n) is 10.8. The highest BCUT2D eigenvalue weighted by Gasteiger charge is 2.32. The average Bonchev–Trinajstić information content (AvgIpc) is 3.47. The number of carbonyl (C=O) groups excluding carboxylic acids is 2. The van der Waals surface area contributed by atoms with Crippen LogP contribution in [0.15, 0.2) is 69.9 Å². The van der Waals surface area contributed by atoms with Crippen molar-refractivity contribution in [3.63, 3.8) is 0 Å². The number of ether oxygens (including phenoxy) is 2. The molecule has 0 fully saturated rings. The van der Waals surface area contributed by atoms with E-state index in [1.807, 2.05) is 18.2 Å². The van der Waals surface area contributed by atoms with E-state index in [0.717, 1.165) is 11.8 Å². The lowest BCUT2D eigenvalue weighted by Gasteiger charge is -2.17. The Morgan fingerprint density at radius 3 is 2.64 bits per heavy atom. The van der Waals surface area contributed by atoms with E-state index in [-0.39, 0.29) is 29.1 Å². The molecule has 36 heavy (non-hydrogen) atoms. The van der Waals surface area contributed by atoms with Crippen LogP contribution in [0.3, 0.4) is 0 Å². The van der Waals surface area contributed by atoms with Gasteiger partial charge in [0.2, 0.25) is 11.2 Å². The van der Waals surface area contributed by atoms with Crippen molar-refractivity contribution in [2.24, 2.45) is 4.99 Å². The molecular formula is C24H25N6O5S+. The summed E-state index contributed by atoms with van der Waals surface area (Å²) in [6.45, 7) is 0. The van der Waals surface area contributed by atoms with Crippen molar-refractivity contribution in [2.45, 2.75) is 0 Å². The topological polar surface area (TPSA) is 113 Å². The van der Waals surface area contributed by atoms with Gasteiger partial charge in [-0.05, 0) is 36.4 Å². The van der Waals surface area contributed by atoms with E-state index < -0.39 is 0 Å². The number of methoxy groups -OCH3 is 2. The fourth-order valence-corrected chi connectivity index (χ4v) is 4.10. The first-order chi connectivity index (χ1) is 17.4. The van der Waals surface area contributed by atoms with Crippen LogP contribution in [0.2, 0.25) is 0 Å². The van der Waals surface area contributed by atoms with Crippen molar-refractivity contribution in [3.8, 4) is 11.5 Å². The Morgan fingerprint density at radius 1 is 1.19 bits per heavy atom. The van der Waals surface area contributed by atoms with Gasteiger partial charge < -0.3 is 9.47 Å². The van der Waals surface area contributed by atoms with Gasteiger partial charge in [-0.25, -0.2) is 4.99 Å². The molecule has 186 valence electrons. The third kappa shape index (κ3) is 5.49. The number of thioether (sulfide) groups is 1. The lowest BCUT2D eigenvalue weighted by Crippen LogP contribution is -2.53. The standard InChI is InChI=1S/C24H24N6O5S/c1-28(2)29-14-22(35-27-29)26-21(31)15-36-24-25-19(23(32)30(24)17-8-6-5-7-9-17)13-16-12-18(33-3)10-11-20(16)34-4/h5-14H,15H2,1-4H3/p+1/b19-13+. The van der Waals surface area contributed by atoms with Crippen LogP contribution < -0.4 is 29.5 Å². The number of aliphatic imine (C=N–C) groups is 1. The summed E-state index contributed by atoms with van der Waals surface area (Å²) in [5.74, 6) is 0.720. The second-order valence-corrected chi connectivity index (χ2v) is 8.62. The molecule has 12 heteroatoms. The molecule has 1 aliphatic heterocycles. The number of amides is 2. The molecule has 0 radical (unpaired) electrons. The van der Waals surface area contributed by atoms with Gasteiger partial charge in [0.1, 0.15) is 17.2 Å². The monoisotopic (exact) mass is 509 g/mol. The van der Waals surface area contributed by atoms with Crippen molar-refractivity contribution in [1.82, 2.24) is 5.27 Å². The van der Waals surface area contributed by atoms with E-state index in [1.54, 1.807) is 69.7 Å². The summed E-state index contributed by atoms with van der Waals surface area (Å²) in [6.07, 6.45) is 3.18. The van der Waals surface area contributed by atoms with Crippen LogP contribution in [-0.4, -0.2) is 56.3 Å². The Balaban J connectivity index is 1.58. The van der Waals surface area contributed by atoms with Crippen LogP contribution in [0, 0.1) is 0 Å². The number of rotatable bonds is 8. The molecule has 0 saturated heterocycles.